The zero-order chi connectivity index (χ0) is 25.2. The molecule has 0 radical (unpaired) electrons. The van der Waals surface area contributed by atoms with Crippen LogP contribution in [0.1, 0.15) is 35.6 Å². The molecule has 0 atom stereocenters. The third-order valence-corrected chi connectivity index (χ3v) is 5.96. The number of ether oxygens (including phenoxy) is 2. The summed E-state index contributed by atoms with van der Waals surface area (Å²) in [5, 5.41) is 0. The molecule has 0 saturated carbocycles. The summed E-state index contributed by atoms with van der Waals surface area (Å²) in [4.78, 5) is 4.25. The smallest absolute Gasteiger partial charge is 0.119 e. The predicted molar refractivity (Wildman–Crippen MR) is 148 cm³/mol. The van der Waals surface area contributed by atoms with Crippen molar-refractivity contribution in [3.8, 4) is 11.5 Å². The zero-order valence-corrected chi connectivity index (χ0v) is 22.2. The summed E-state index contributed by atoms with van der Waals surface area (Å²) in [6, 6.07) is 25.8. The highest BCUT2D eigenvalue weighted by Crippen LogP contribution is 2.35. The molecule has 0 fully saturated rings. The lowest BCUT2D eigenvalue weighted by Gasteiger charge is -2.18. The fourth-order valence-electron chi connectivity index (χ4n) is 3.92. The molecular formula is C31H40N2O2. The van der Waals surface area contributed by atoms with Crippen LogP contribution < -0.4 is 9.47 Å². The van der Waals surface area contributed by atoms with E-state index in [-0.39, 0.29) is 0 Å². The summed E-state index contributed by atoms with van der Waals surface area (Å²) in [5.74, 6) is 1.79. The fraction of sp³-hybridized carbons (Fsp3) is 0.355. The Bertz CT molecular complexity index is 1010. The van der Waals surface area contributed by atoms with E-state index in [0.29, 0.717) is 13.2 Å². The molecule has 3 rings (SSSR count). The Morgan fingerprint density at radius 3 is 1.37 bits per heavy atom. The van der Waals surface area contributed by atoms with E-state index >= 15 is 0 Å². The third-order valence-electron chi connectivity index (χ3n) is 5.96. The minimum atomic E-state index is 0.675. The Hall–Kier alpha value is -3.08. The normalized spacial score (nSPS) is 11.1. The number of allylic oxidation sites excluding steroid dienone is 1. The molecule has 3 aromatic rings. The van der Waals surface area contributed by atoms with Gasteiger partial charge in [0.05, 0.1) is 0 Å². The van der Waals surface area contributed by atoms with Crippen molar-refractivity contribution in [2.24, 2.45) is 0 Å². The zero-order valence-electron chi connectivity index (χ0n) is 22.2. The Balaban J connectivity index is 1.96. The lowest BCUT2D eigenvalue weighted by atomic mass is 9.88. The van der Waals surface area contributed by atoms with Crippen molar-refractivity contribution < 1.29 is 9.47 Å². The van der Waals surface area contributed by atoms with Crippen LogP contribution in [-0.4, -0.2) is 64.3 Å². The first-order valence-electron chi connectivity index (χ1n) is 12.4. The van der Waals surface area contributed by atoms with Gasteiger partial charge in [-0.25, -0.2) is 0 Å². The third kappa shape index (κ3) is 7.98. The number of hydrogen-bond acceptors (Lipinski definition) is 4. The van der Waals surface area contributed by atoms with Crippen LogP contribution in [0.15, 0.2) is 72.8 Å². The average Bonchev–Trinajstić information content (AvgIpc) is 2.84. The number of rotatable bonds is 12. The van der Waals surface area contributed by atoms with Crippen LogP contribution in [0.5, 0.6) is 11.5 Å². The molecule has 0 unspecified atom stereocenters. The van der Waals surface area contributed by atoms with Crippen LogP contribution in [0.2, 0.25) is 0 Å². The minimum absolute atomic E-state index is 0.675. The number of aryl methyl sites for hydroxylation is 1. The van der Waals surface area contributed by atoms with Gasteiger partial charge in [-0.2, -0.15) is 0 Å². The Labute approximate surface area is 211 Å². The van der Waals surface area contributed by atoms with E-state index in [2.05, 4.69) is 125 Å². The van der Waals surface area contributed by atoms with Crippen molar-refractivity contribution in [2.45, 2.75) is 20.3 Å². The summed E-state index contributed by atoms with van der Waals surface area (Å²) in [6.07, 6.45) is 0.931. The number of hydrogen-bond donors (Lipinski definition) is 0. The van der Waals surface area contributed by atoms with E-state index in [1.54, 1.807) is 0 Å². The average molecular weight is 473 g/mol. The van der Waals surface area contributed by atoms with Crippen molar-refractivity contribution in [1.29, 1.82) is 0 Å². The molecule has 0 bridgehead atoms. The Morgan fingerprint density at radius 1 is 0.600 bits per heavy atom. The van der Waals surface area contributed by atoms with Gasteiger partial charge in [0, 0.05) is 13.1 Å². The van der Waals surface area contributed by atoms with Gasteiger partial charge in [-0.05, 0) is 93.6 Å². The number of likely N-dealkylation sites (N-methyl/N-ethyl adjacent to an activating group) is 2. The van der Waals surface area contributed by atoms with E-state index in [0.717, 1.165) is 31.0 Å². The molecule has 4 nitrogen and oxygen atoms in total. The van der Waals surface area contributed by atoms with Gasteiger partial charge in [0.15, 0.2) is 0 Å². The molecule has 0 aliphatic rings. The Kier molecular flexibility index (Phi) is 9.95. The van der Waals surface area contributed by atoms with E-state index in [1.807, 2.05) is 0 Å². The van der Waals surface area contributed by atoms with Crippen molar-refractivity contribution in [1.82, 2.24) is 9.80 Å². The van der Waals surface area contributed by atoms with Crippen molar-refractivity contribution in [3.63, 3.8) is 0 Å². The molecule has 4 heteroatoms. The largest absolute Gasteiger partial charge is 0.492 e. The van der Waals surface area contributed by atoms with Crippen molar-refractivity contribution in [2.75, 3.05) is 54.5 Å². The standard InChI is InChI=1S/C31H40N2O2/c1-7-30(25-10-8-24(2)9-11-25)31(26-12-16-28(17-13-26)34-22-20-32(3)4)27-14-18-29(19-15-27)35-23-21-33(5)6/h8-19H,7,20-23H2,1-6H3. The maximum absolute atomic E-state index is 5.93. The van der Waals surface area contributed by atoms with Crippen LogP contribution >= 0.6 is 0 Å². The first-order valence-corrected chi connectivity index (χ1v) is 12.4. The summed E-state index contributed by atoms with van der Waals surface area (Å²) in [7, 11) is 8.22. The van der Waals surface area contributed by atoms with Gasteiger partial charge < -0.3 is 19.3 Å². The maximum Gasteiger partial charge on any atom is 0.119 e. The molecule has 0 aliphatic heterocycles. The molecular weight excluding hydrogens is 432 g/mol. The van der Waals surface area contributed by atoms with E-state index in [9.17, 15) is 0 Å². The summed E-state index contributed by atoms with van der Waals surface area (Å²) in [6.45, 7) is 7.49. The molecule has 0 amide bonds. The van der Waals surface area contributed by atoms with Crippen LogP contribution in [0, 0.1) is 6.92 Å². The van der Waals surface area contributed by atoms with Gasteiger partial charge >= 0.3 is 0 Å². The Morgan fingerprint density at radius 2 is 1.00 bits per heavy atom. The highest BCUT2D eigenvalue weighted by atomic mass is 16.5. The van der Waals surface area contributed by atoms with E-state index < -0.39 is 0 Å². The van der Waals surface area contributed by atoms with Gasteiger partial charge in [-0.15, -0.1) is 0 Å². The van der Waals surface area contributed by atoms with Crippen LogP contribution in [-0.2, 0) is 0 Å². The molecule has 0 aromatic heterocycles. The van der Waals surface area contributed by atoms with Crippen LogP contribution in [0.4, 0.5) is 0 Å². The lowest BCUT2D eigenvalue weighted by molar-refractivity contribution is 0.261. The monoisotopic (exact) mass is 472 g/mol. The fourth-order valence-corrected chi connectivity index (χ4v) is 3.92. The second kappa shape index (κ2) is 13.1. The first-order chi connectivity index (χ1) is 16.9. The van der Waals surface area contributed by atoms with Gasteiger partial charge in [-0.3, -0.25) is 0 Å². The van der Waals surface area contributed by atoms with Crippen molar-refractivity contribution >= 4 is 11.1 Å². The molecule has 35 heavy (non-hydrogen) atoms. The quantitative estimate of drug-likeness (QED) is 0.291. The summed E-state index contributed by atoms with van der Waals surface area (Å²) >= 11 is 0. The van der Waals surface area contributed by atoms with Gasteiger partial charge in [-0.1, -0.05) is 61.0 Å². The van der Waals surface area contributed by atoms with E-state index in [4.69, 9.17) is 9.47 Å². The second-order valence-electron chi connectivity index (χ2n) is 9.43. The minimum Gasteiger partial charge on any atom is -0.492 e. The molecule has 0 N–H and O–H groups in total. The highest BCUT2D eigenvalue weighted by molar-refractivity contribution is 5.98. The molecule has 0 saturated heterocycles. The lowest BCUT2D eigenvalue weighted by Crippen LogP contribution is -2.19. The second-order valence-corrected chi connectivity index (χ2v) is 9.43. The molecule has 3 aromatic carbocycles. The number of benzene rings is 3. The van der Waals surface area contributed by atoms with Gasteiger partial charge in [0.2, 0.25) is 0 Å². The maximum atomic E-state index is 5.93. The predicted octanol–water partition coefficient (Wildman–Crippen LogP) is 6.24. The SMILES string of the molecule is CCC(=C(c1ccc(OCCN(C)C)cc1)c1ccc(OCCN(C)C)cc1)c1ccc(C)cc1. The first kappa shape index (κ1) is 26.5. The molecule has 0 aliphatic carbocycles. The van der Waals surface area contributed by atoms with Crippen LogP contribution in [0.25, 0.3) is 11.1 Å². The van der Waals surface area contributed by atoms with Crippen LogP contribution in [0.3, 0.4) is 0 Å². The summed E-state index contributed by atoms with van der Waals surface area (Å²) in [5.41, 5.74) is 7.46. The van der Waals surface area contributed by atoms with E-state index in [1.165, 1.54) is 33.4 Å². The number of nitrogens with zero attached hydrogens (tertiary/aromatic N) is 2. The topological polar surface area (TPSA) is 24.9 Å². The molecule has 186 valence electrons. The van der Waals surface area contributed by atoms with Gasteiger partial charge in [0.1, 0.15) is 24.7 Å². The van der Waals surface area contributed by atoms with Gasteiger partial charge in [0.25, 0.3) is 0 Å². The van der Waals surface area contributed by atoms with Crippen molar-refractivity contribution in [3.05, 3.63) is 95.1 Å². The molecule has 0 spiro atoms. The summed E-state index contributed by atoms with van der Waals surface area (Å²) < 4.78 is 11.9. The molecule has 0 heterocycles. The highest BCUT2D eigenvalue weighted by Gasteiger charge is 2.14.